The van der Waals surface area contributed by atoms with Crippen molar-refractivity contribution in [2.75, 3.05) is 33.1 Å². The third-order valence-corrected chi connectivity index (χ3v) is 7.78. The Morgan fingerprint density at radius 1 is 1.18 bits per heavy atom. The Morgan fingerprint density at radius 2 is 1.82 bits per heavy atom. The number of phenols is 1. The Bertz CT molecular complexity index is 1350. The van der Waals surface area contributed by atoms with E-state index < -0.39 is 87.3 Å². The van der Waals surface area contributed by atoms with Crippen molar-refractivity contribution in [1.82, 2.24) is 10.4 Å². The standard InChI is InChI=1S/C25H30N4O10/c1-8-9-5-6-10(28-11(30)7-27-39-4)18(31)13(9)19(32)14-12(8)20(33)16-17(29(2)3)21(34)15(24(26)37)23(36)25(16,38)22(14)35/h5-6,8,12,16-17,20,27,31-33,36,38H,7H2,1-4H3,(H2,26,37)(H,28,30)/t8?,12?,16?,17-,20?,25?/m0/s1. The Labute approximate surface area is 222 Å². The van der Waals surface area contributed by atoms with E-state index in [9.17, 15) is 44.7 Å². The molecule has 6 atom stereocenters. The lowest BCUT2D eigenvalue weighted by molar-refractivity contribution is -0.169. The number of nitrogens with zero attached hydrogens (tertiary/aromatic N) is 1. The molecular formula is C25H30N4O10. The number of aromatic hydroxyl groups is 1. The van der Waals surface area contributed by atoms with E-state index in [4.69, 9.17) is 5.73 Å². The molecular weight excluding hydrogens is 516 g/mol. The molecule has 0 bridgehead atoms. The number of hydrogen-bond donors (Lipinski definition) is 8. The molecule has 1 aromatic rings. The molecule has 0 saturated heterocycles. The molecule has 1 fully saturated rings. The van der Waals surface area contributed by atoms with Crippen molar-refractivity contribution in [2.45, 2.75) is 30.6 Å². The number of ketones is 2. The van der Waals surface area contributed by atoms with E-state index in [1.165, 1.54) is 38.2 Å². The van der Waals surface area contributed by atoms with Crippen molar-refractivity contribution < 1.29 is 49.5 Å². The first-order valence-corrected chi connectivity index (χ1v) is 12.0. The number of likely N-dealkylation sites (N-methyl/N-ethyl adjacent to an activating group) is 1. The van der Waals surface area contributed by atoms with Crippen LogP contribution in [0.1, 0.15) is 24.0 Å². The second-order valence-electron chi connectivity index (χ2n) is 10.0. The summed E-state index contributed by atoms with van der Waals surface area (Å²) in [4.78, 5) is 57.2. The number of benzene rings is 1. The van der Waals surface area contributed by atoms with E-state index in [0.717, 1.165) is 0 Å². The molecule has 0 aliphatic heterocycles. The van der Waals surface area contributed by atoms with Crippen molar-refractivity contribution in [3.05, 3.63) is 40.2 Å². The van der Waals surface area contributed by atoms with Crippen molar-refractivity contribution in [3.8, 4) is 5.75 Å². The zero-order chi connectivity index (χ0) is 29.1. The summed E-state index contributed by atoms with van der Waals surface area (Å²) in [7, 11) is 4.17. The molecule has 0 radical (unpaired) electrons. The summed E-state index contributed by atoms with van der Waals surface area (Å²) in [5.41, 5.74) is 3.08. The second kappa shape index (κ2) is 9.73. The monoisotopic (exact) mass is 546 g/mol. The Morgan fingerprint density at radius 3 is 2.38 bits per heavy atom. The summed E-state index contributed by atoms with van der Waals surface area (Å²) in [6.07, 6.45) is -1.69. The fourth-order valence-corrected chi connectivity index (χ4v) is 6.05. The number of nitrogens with two attached hydrogens (primary N) is 1. The van der Waals surface area contributed by atoms with Crippen molar-refractivity contribution in [2.24, 2.45) is 17.6 Å². The molecule has 3 aliphatic carbocycles. The minimum atomic E-state index is -3.00. The van der Waals surface area contributed by atoms with Crippen LogP contribution < -0.4 is 16.5 Å². The predicted molar refractivity (Wildman–Crippen MR) is 134 cm³/mol. The molecule has 3 aliphatic rings. The highest BCUT2D eigenvalue weighted by molar-refractivity contribution is 6.24. The molecule has 14 nitrogen and oxygen atoms in total. The molecule has 0 spiro atoms. The summed E-state index contributed by atoms with van der Waals surface area (Å²) in [5.74, 6) is -10.5. The number of Topliss-reactive ketones (excluding diaryl/α,β-unsaturated/α-hetero) is 2. The number of anilines is 1. The van der Waals surface area contributed by atoms with Crippen LogP contribution in [0.25, 0.3) is 5.76 Å². The second-order valence-corrected chi connectivity index (χ2v) is 10.0. The summed E-state index contributed by atoms with van der Waals surface area (Å²) in [6.45, 7) is 1.34. The van der Waals surface area contributed by atoms with Gasteiger partial charge < -0.3 is 41.4 Å². The number of amides is 2. The van der Waals surface area contributed by atoms with Gasteiger partial charge in [-0.3, -0.25) is 24.1 Å². The smallest absolute Gasteiger partial charge is 0.255 e. The van der Waals surface area contributed by atoms with E-state index in [-0.39, 0.29) is 17.8 Å². The average molecular weight is 547 g/mol. The number of carbonyl (C=O) groups is 4. The number of phenolic OH excluding ortho intramolecular Hbond substituents is 1. The molecule has 210 valence electrons. The number of carbonyl (C=O) groups excluding carboxylic acids is 4. The maximum atomic E-state index is 13.9. The normalized spacial score (nSPS) is 30.2. The number of aliphatic hydroxyl groups is 4. The molecule has 0 heterocycles. The number of rotatable bonds is 6. The highest BCUT2D eigenvalue weighted by atomic mass is 16.6. The summed E-state index contributed by atoms with van der Waals surface area (Å²) < 4.78 is 0. The third kappa shape index (κ3) is 3.91. The van der Waals surface area contributed by atoms with E-state index in [1.54, 1.807) is 6.92 Å². The quantitative estimate of drug-likeness (QED) is 0.117. The van der Waals surface area contributed by atoms with Gasteiger partial charge >= 0.3 is 0 Å². The van der Waals surface area contributed by atoms with Gasteiger partial charge in [0.2, 0.25) is 11.7 Å². The molecule has 5 unspecified atom stereocenters. The highest BCUT2D eigenvalue weighted by Gasteiger charge is 2.68. The average Bonchev–Trinajstić information content (AvgIpc) is 2.85. The molecule has 9 N–H and O–H groups in total. The van der Waals surface area contributed by atoms with Crippen LogP contribution in [0, 0.1) is 11.8 Å². The number of fused-ring (bicyclic) bond motifs is 3. The minimum Gasteiger partial charge on any atom is -0.508 e. The molecule has 39 heavy (non-hydrogen) atoms. The van der Waals surface area contributed by atoms with Crippen LogP contribution in [0.3, 0.4) is 0 Å². The summed E-state index contributed by atoms with van der Waals surface area (Å²) in [6, 6.07) is 1.43. The van der Waals surface area contributed by atoms with E-state index in [0.29, 0.717) is 5.56 Å². The Kier molecular flexibility index (Phi) is 7.04. The number of aliphatic hydroxyl groups excluding tert-OH is 3. The third-order valence-electron chi connectivity index (χ3n) is 7.78. The molecule has 1 aromatic carbocycles. The number of nitrogens with one attached hydrogen (secondary N) is 2. The zero-order valence-electron chi connectivity index (χ0n) is 21.6. The Balaban J connectivity index is 1.94. The van der Waals surface area contributed by atoms with Crippen LogP contribution >= 0.6 is 0 Å². The number of primary amides is 1. The van der Waals surface area contributed by atoms with E-state index >= 15 is 0 Å². The predicted octanol–water partition coefficient (Wildman–Crippen LogP) is -1.41. The molecule has 14 heteroatoms. The van der Waals surface area contributed by atoms with Crippen LogP contribution in [0.15, 0.2) is 29.0 Å². The van der Waals surface area contributed by atoms with Gasteiger partial charge in [-0.05, 0) is 31.6 Å². The van der Waals surface area contributed by atoms with Crippen molar-refractivity contribution in [1.29, 1.82) is 0 Å². The van der Waals surface area contributed by atoms with Crippen LogP contribution in [-0.2, 0) is 24.0 Å². The fraction of sp³-hybridized carbons (Fsp3) is 0.440. The molecule has 2 amide bonds. The van der Waals surface area contributed by atoms with Crippen molar-refractivity contribution >= 4 is 34.8 Å². The lowest BCUT2D eigenvalue weighted by Gasteiger charge is -2.53. The number of hydroxylamine groups is 1. The Hall–Kier alpha value is -3.82. The first-order chi connectivity index (χ1) is 18.2. The highest BCUT2D eigenvalue weighted by Crippen LogP contribution is 2.56. The zero-order valence-corrected chi connectivity index (χ0v) is 21.6. The molecule has 4 rings (SSSR count). The van der Waals surface area contributed by atoms with E-state index in [1.807, 2.05) is 0 Å². The minimum absolute atomic E-state index is 0.107. The summed E-state index contributed by atoms with van der Waals surface area (Å²) in [5, 5.41) is 58.9. The summed E-state index contributed by atoms with van der Waals surface area (Å²) >= 11 is 0. The van der Waals surface area contributed by atoms with Gasteiger partial charge in [0.25, 0.3) is 5.91 Å². The molecule has 0 aromatic heterocycles. The van der Waals surface area contributed by atoms with Gasteiger partial charge in [0, 0.05) is 11.5 Å². The largest absolute Gasteiger partial charge is 0.508 e. The van der Waals surface area contributed by atoms with Crippen LogP contribution in [0.4, 0.5) is 5.69 Å². The maximum absolute atomic E-state index is 13.9. The van der Waals surface area contributed by atoms with Gasteiger partial charge in [0.15, 0.2) is 11.4 Å². The van der Waals surface area contributed by atoms with E-state index in [2.05, 4.69) is 15.6 Å². The van der Waals surface area contributed by atoms with Crippen LogP contribution in [0.5, 0.6) is 5.75 Å². The molecule has 1 saturated carbocycles. The maximum Gasteiger partial charge on any atom is 0.255 e. The lowest BCUT2D eigenvalue weighted by Crippen LogP contribution is -2.70. The van der Waals surface area contributed by atoms with Gasteiger partial charge in [0.1, 0.15) is 29.4 Å². The van der Waals surface area contributed by atoms with Gasteiger partial charge in [-0.15, -0.1) is 0 Å². The van der Waals surface area contributed by atoms with Crippen LogP contribution in [0.2, 0.25) is 0 Å². The van der Waals surface area contributed by atoms with Gasteiger partial charge in [0.05, 0.1) is 36.4 Å². The number of hydrogen-bond acceptors (Lipinski definition) is 12. The SMILES string of the molecule is CONCC(=O)Nc1ccc2c(c1O)C(O)=C1C(=O)C3(O)C(O)=C(C(N)=O)C(=O)[C@@H](N(C)C)C3C(O)C1C2C. The fourth-order valence-electron chi connectivity index (χ4n) is 6.05. The van der Waals surface area contributed by atoms with Crippen molar-refractivity contribution in [3.63, 3.8) is 0 Å². The van der Waals surface area contributed by atoms with Gasteiger partial charge in [-0.1, -0.05) is 13.0 Å². The lowest BCUT2D eigenvalue weighted by atomic mass is 9.54. The first-order valence-electron chi connectivity index (χ1n) is 12.0. The topological polar surface area (TPSA) is 232 Å². The van der Waals surface area contributed by atoms with Crippen LogP contribution in [-0.4, -0.2) is 99.3 Å². The van der Waals surface area contributed by atoms with Gasteiger partial charge in [-0.2, -0.15) is 5.48 Å². The van der Waals surface area contributed by atoms with Gasteiger partial charge in [-0.25, -0.2) is 0 Å². The first kappa shape index (κ1) is 28.2.